The zero-order valence-electron chi connectivity index (χ0n) is 23.4. The molecule has 3 aromatic carbocycles. The molecule has 2 aliphatic rings. The second kappa shape index (κ2) is 11.5. The average Bonchev–Trinajstić information content (AvgIpc) is 3.14. The zero-order chi connectivity index (χ0) is 29.4. The van der Waals surface area contributed by atoms with Gasteiger partial charge in [-0.05, 0) is 61.4 Å². The van der Waals surface area contributed by atoms with Gasteiger partial charge in [0.2, 0.25) is 5.95 Å². The van der Waals surface area contributed by atoms with Gasteiger partial charge in [0.1, 0.15) is 5.82 Å². The molecular weight excluding hydrogens is 553 g/mol. The van der Waals surface area contributed by atoms with Gasteiger partial charge in [-0.2, -0.15) is 0 Å². The van der Waals surface area contributed by atoms with Crippen molar-refractivity contribution >= 4 is 40.5 Å². The Kier molecular flexibility index (Phi) is 7.62. The minimum atomic E-state index is -0.345. The van der Waals surface area contributed by atoms with Crippen LogP contribution in [0.3, 0.4) is 0 Å². The molecule has 10 heteroatoms. The third-order valence-corrected chi connectivity index (χ3v) is 7.90. The van der Waals surface area contributed by atoms with Crippen LogP contribution in [0.25, 0.3) is 11.3 Å². The summed E-state index contributed by atoms with van der Waals surface area (Å²) in [5, 5.41) is 3.75. The molecule has 0 radical (unpaired) electrons. The van der Waals surface area contributed by atoms with Crippen LogP contribution in [0.5, 0.6) is 0 Å². The monoisotopic (exact) mass is 583 g/mol. The van der Waals surface area contributed by atoms with Crippen LogP contribution in [0.4, 0.5) is 21.7 Å². The largest absolute Gasteiger partial charge is 0.371 e. The van der Waals surface area contributed by atoms with Gasteiger partial charge >= 0.3 is 0 Å². The summed E-state index contributed by atoms with van der Waals surface area (Å²) in [5.74, 6) is -0.0283. The van der Waals surface area contributed by atoms with Crippen molar-refractivity contribution in [3.05, 3.63) is 100.0 Å². The van der Waals surface area contributed by atoms with E-state index in [9.17, 15) is 4.79 Å². The van der Waals surface area contributed by atoms with E-state index in [0.717, 1.165) is 48.4 Å². The fourth-order valence-corrected chi connectivity index (χ4v) is 5.60. The lowest BCUT2D eigenvalue weighted by atomic mass is 9.93. The third kappa shape index (κ3) is 5.45. The van der Waals surface area contributed by atoms with Gasteiger partial charge in [0, 0.05) is 78.1 Å². The molecule has 3 N–H and O–H groups in total. The third-order valence-electron chi connectivity index (χ3n) is 7.67. The number of nitrogens with zero attached hydrogens (tertiary/aromatic N) is 5. The van der Waals surface area contributed by atoms with Crippen molar-refractivity contribution in [2.75, 3.05) is 37.4 Å². The molecule has 0 aliphatic carbocycles. The number of rotatable bonds is 5. The molecule has 0 saturated carbocycles. The highest BCUT2D eigenvalue weighted by molar-refractivity contribution is 6.32. The van der Waals surface area contributed by atoms with E-state index in [-0.39, 0.29) is 24.3 Å². The summed E-state index contributed by atoms with van der Waals surface area (Å²) in [6, 6.07) is 18.0. The van der Waals surface area contributed by atoms with Crippen molar-refractivity contribution in [1.82, 2.24) is 14.9 Å². The normalized spacial score (nSPS) is 14.9. The first-order valence-electron chi connectivity index (χ1n) is 13.9. The maximum Gasteiger partial charge on any atom is 0.253 e. The second-order valence-electron chi connectivity index (χ2n) is 10.8. The van der Waals surface area contributed by atoms with Crippen LogP contribution in [0.2, 0.25) is 5.02 Å². The number of carbonyl (C=O) groups is 1. The minimum absolute atomic E-state index is 0.0734. The quantitative estimate of drug-likeness (QED) is 0.314. The lowest BCUT2D eigenvalue weighted by molar-refractivity contribution is 0.0827. The van der Waals surface area contributed by atoms with Crippen LogP contribution >= 0.6 is 11.6 Å². The van der Waals surface area contributed by atoms with E-state index < -0.39 is 0 Å². The molecule has 0 atom stereocenters. The van der Waals surface area contributed by atoms with Crippen molar-refractivity contribution in [2.45, 2.75) is 25.4 Å². The highest BCUT2D eigenvalue weighted by Gasteiger charge is 2.28. The predicted molar refractivity (Wildman–Crippen MR) is 165 cm³/mol. The first-order valence-corrected chi connectivity index (χ1v) is 14.2. The number of nitrogens with two attached hydrogens (primary N) is 1. The SMILES string of the molecule is CN(C)C(=O)c1ccc(Nc2ncc3c(n2)-c2ccc(Cl)cc2C(c2c(F)cccc2N2CCC(N)CC2)=NC3)cc1. The predicted octanol–water partition coefficient (Wildman–Crippen LogP) is 5.66. The first-order chi connectivity index (χ1) is 20.3. The molecule has 42 heavy (non-hydrogen) atoms. The maximum absolute atomic E-state index is 15.7. The van der Waals surface area contributed by atoms with Gasteiger partial charge in [0.05, 0.1) is 23.5 Å². The first kappa shape index (κ1) is 27.8. The number of amides is 1. The molecule has 3 heterocycles. The minimum Gasteiger partial charge on any atom is -0.371 e. The number of anilines is 3. The standard InChI is InChI=1S/C32H31ClFN7O/c1-40(2)31(42)19-6-9-23(10-7-19)38-32-37-18-20-17-36-30(25-16-21(33)8-11-24(25)29(20)39-32)28-26(34)4-3-5-27(28)41-14-12-22(35)13-15-41/h3-11,16,18,22H,12-15,17,35H2,1-2H3,(H,37,38,39). The second-order valence-corrected chi connectivity index (χ2v) is 11.2. The number of aromatic nitrogens is 2. The van der Waals surface area contributed by atoms with Gasteiger partial charge in [0.25, 0.3) is 5.91 Å². The summed E-state index contributed by atoms with van der Waals surface area (Å²) >= 11 is 6.50. The summed E-state index contributed by atoms with van der Waals surface area (Å²) in [7, 11) is 3.43. The van der Waals surface area contributed by atoms with Crippen LogP contribution in [0, 0.1) is 5.82 Å². The Bertz CT molecular complexity index is 1680. The average molecular weight is 584 g/mol. The topological polar surface area (TPSA) is 99.7 Å². The van der Waals surface area contributed by atoms with Gasteiger partial charge in [-0.15, -0.1) is 0 Å². The van der Waals surface area contributed by atoms with Crippen molar-refractivity contribution in [3.8, 4) is 11.3 Å². The molecule has 1 fully saturated rings. The van der Waals surface area contributed by atoms with Gasteiger partial charge in [-0.1, -0.05) is 23.7 Å². The summed E-state index contributed by atoms with van der Waals surface area (Å²) in [4.78, 5) is 30.3. The van der Waals surface area contributed by atoms with Crippen molar-refractivity contribution in [3.63, 3.8) is 0 Å². The number of hydrogen-bond donors (Lipinski definition) is 2. The molecule has 0 unspecified atom stereocenters. The molecule has 1 aromatic heterocycles. The molecule has 2 aliphatic heterocycles. The Morgan fingerprint density at radius 3 is 2.57 bits per heavy atom. The van der Waals surface area contributed by atoms with E-state index in [1.165, 1.54) is 11.0 Å². The summed E-state index contributed by atoms with van der Waals surface area (Å²) in [5.41, 5.74) is 12.3. The molecule has 214 valence electrons. The van der Waals surface area contributed by atoms with E-state index in [0.29, 0.717) is 39.1 Å². The van der Waals surface area contributed by atoms with Crippen LogP contribution in [-0.2, 0) is 6.54 Å². The van der Waals surface area contributed by atoms with E-state index in [4.69, 9.17) is 27.3 Å². The summed E-state index contributed by atoms with van der Waals surface area (Å²) in [6.07, 6.45) is 3.43. The fraction of sp³-hybridized carbons (Fsp3) is 0.250. The molecule has 4 aromatic rings. The van der Waals surface area contributed by atoms with Crippen LogP contribution in [-0.4, -0.2) is 59.7 Å². The van der Waals surface area contributed by atoms with Crippen molar-refractivity contribution < 1.29 is 9.18 Å². The van der Waals surface area contributed by atoms with Gasteiger partial charge in [-0.25, -0.2) is 14.4 Å². The van der Waals surface area contributed by atoms with Crippen LogP contribution in [0.15, 0.2) is 71.9 Å². The number of fused-ring (bicyclic) bond motifs is 3. The van der Waals surface area contributed by atoms with E-state index in [2.05, 4.69) is 15.2 Å². The van der Waals surface area contributed by atoms with Gasteiger partial charge < -0.3 is 20.9 Å². The van der Waals surface area contributed by atoms with Crippen LogP contribution < -0.4 is 16.0 Å². The molecule has 8 nitrogen and oxygen atoms in total. The molecule has 0 spiro atoms. The Labute approximate surface area is 249 Å². The molecule has 1 amide bonds. The number of nitrogens with one attached hydrogen (secondary N) is 1. The van der Waals surface area contributed by atoms with E-state index in [1.807, 2.05) is 30.3 Å². The number of benzene rings is 3. The lowest BCUT2D eigenvalue weighted by Gasteiger charge is -2.33. The maximum atomic E-state index is 15.7. The molecule has 1 saturated heterocycles. The summed E-state index contributed by atoms with van der Waals surface area (Å²) < 4.78 is 15.7. The number of piperidine rings is 1. The molecule has 0 bridgehead atoms. The number of aliphatic imine (C=N–C) groups is 1. The fourth-order valence-electron chi connectivity index (χ4n) is 5.43. The molecular formula is C32H31ClFN7O. The van der Waals surface area contributed by atoms with Crippen molar-refractivity contribution in [2.24, 2.45) is 10.7 Å². The number of carbonyl (C=O) groups excluding carboxylic acids is 1. The Morgan fingerprint density at radius 1 is 1.07 bits per heavy atom. The zero-order valence-corrected chi connectivity index (χ0v) is 24.2. The summed E-state index contributed by atoms with van der Waals surface area (Å²) in [6.45, 7) is 1.77. The van der Waals surface area contributed by atoms with E-state index >= 15 is 4.39 Å². The lowest BCUT2D eigenvalue weighted by Crippen LogP contribution is -2.40. The van der Waals surface area contributed by atoms with E-state index in [1.54, 1.807) is 44.6 Å². The van der Waals surface area contributed by atoms with Crippen molar-refractivity contribution in [1.29, 1.82) is 0 Å². The number of hydrogen-bond acceptors (Lipinski definition) is 7. The van der Waals surface area contributed by atoms with Gasteiger partial charge in [0.15, 0.2) is 0 Å². The van der Waals surface area contributed by atoms with Gasteiger partial charge in [-0.3, -0.25) is 9.79 Å². The molecule has 6 rings (SSSR count). The van der Waals surface area contributed by atoms with Crippen LogP contribution in [0.1, 0.15) is 39.9 Å². The number of halogens is 2. The smallest absolute Gasteiger partial charge is 0.253 e. The highest BCUT2D eigenvalue weighted by Crippen LogP contribution is 2.37. The Balaban J connectivity index is 1.38. The Morgan fingerprint density at radius 2 is 1.83 bits per heavy atom. The highest BCUT2D eigenvalue weighted by atomic mass is 35.5. The Hall–Kier alpha value is -4.34.